The van der Waals surface area contributed by atoms with Crippen molar-refractivity contribution in [1.82, 2.24) is 13.8 Å². The number of aromatic nitrogens is 1. The van der Waals surface area contributed by atoms with E-state index in [9.17, 15) is 18.0 Å². The van der Waals surface area contributed by atoms with Crippen molar-refractivity contribution in [2.45, 2.75) is 24.8 Å². The first-order chi connectivity index (χ1) is 13.8. The maximum Gasteiger partial charge on any atom is 0.308 e. The summed E-state index contributed by atoms with van der Waals surface area (Å²) in [5.41, 5.74) is 1.39. The number of fused-ring (bicyclic) bond motifs is 1. The monoisotopic (exact) mass is 451 g/mol. The molecule has 0 bridgehead atoms. The second-order valence-electron chi connectivity index (χ2n) is 7.17. The van der Waals surface area contributed by atoms with E-state index in [2.05, 4.69) is 0 Å². The first-order valence-corrected chi connectivity index (χ1v) is 12.5. The fourth-order valence-corrected chi connectivity index (χ4v) is 6.72. The molecule has 0 N–H and O–H groups in total. The molecule has 154 valence electrons. The molecule has 10 heteroatoms. The lowest BCUT2D eigenvalue weighted by molar-refractivity contribution is 0.0698. The van der Waals surface area contributed by atoms with Gasteiger partial charge in [0.05, 0.1) is 20.7 Å². The van der Waals surface area contributed by atoms with Crippen molar-refractivity contribution >= 4 is 48.8 Å². The molecule has 0 aliphatic carbocycles. The Balaban J connectivity index is 1.55. The van der Waals surface area contributed by atoms with Crippen LogP contribution >= 0.6 is 22.7 Å². The first kappa shape index (κ1) is 20.3. The number of carbonyl (C=O) groups is 1. The van der Waals surface area contributed by atoms with E-state index in [0.717, 1.165) is 16.9 Å². The number of carbonyl (C=O) groups excluding carboxylic acids is 1. The Bertz CT molecular complexity index is 1200. The van der Waals surface area contributed by atoms with Gasteiger partial charge in [0, 0.05) is 37.6 Å². The minimum absolute atomic E-state index is 0.00699. The van der Waals surface area contributed by atoms with Gasteiger partial charge >= 0.3 is 4.87 Å². The Morgan fingerprint density at radius 3 is 2.45 bits per heavy atom. The highest BCUT2D eigenvalue weighted by Crippen LogP contribution is 2.26. The van der Waals surface area contributed by atoms with Crippen molar-refractivity contribution in [2.24, 2.45) is 0 Å². The highest BCUT2D eigenvalue weighted by atomic mass is 32.2. The summed E-state index contributed by atoms with van der Waals surface area (Å²) in [6, 6.07) is 6.63. The number of piperazine rings is 1. The van der Waals surface area contributed by atoms with E-state index in [1.807, 2.05) is 19.2 Å². The number of sulfonamides is 1. The standard InChI is InChI=1S/C19H21N3O4S3/c1-13(2)22-16-4-3-15(11-17(16)28-19(22)24)29(25,26)21-8-6-20(7-9-21)18(23)14-5-10-27-12-14/h3-5,10-13H,6-9H2,1-2H3. The zero-order chi connectivity index (χ0) is 20.8. The number of thiazole rings is 1. The van der Waals surface area contributed by atoms with Crippen LogP contribution in [0.5, 0.6) is 0 Å². The number of hydrogen-bond acceptors (Lipinski definition) is 6. The Morgan fingerprint density at radius 1 is 1.10 bits per heavy atom. The fourth-order valence-electron chi connectivity index (χ4n) is 3.52. The Kier molecular flexibility index (Phi) is 5.36. The molecule has 2 aromatic heterocycles. The summed E-state index contributed by atoms with van der Waals surface area (Å²) in [6.07, 6.45) is 0. The van der Waals surface area contributed by atoms with Gasteiger partial charge in [0.15, 0.2) is 0 Å². The highest BCUT2D eigenvalue weighted by Gasteiger charge is 2.31. The van der Waals surface area contributed by atoms with Crippen LogP contribution in [0.25, 0.3) is 10.2 Å². The maximum atomic E-state index is 13.1. The molecule has 1 aliphatic rings. The Morgan fingerprint density at radius 2 is 1.83 bits per heavy atom. The van der Waals surface area contributed by atoms with Crippen LogP contribution in [-0.2, 0) is 10.0 Å². The van der Waals surface area contributed by atoms with Crippen LogP contribution in [0, 0.1) is 0 Å². The molecular formula is C19H21N3O4S3. The molecule has 0 spiro atoms. The van der Waals surface area contributed by atoms with E-state index in [0.29, 0.717) is 23.4 Å². The second-order valence-corrected chi connectivity index (χ2v) is 10.9. The minimum atomic E-state index is -3.69. The van der Waals surface area contributed by atoms with E-state index >= 15 is 0 Å². The van der Waals surface area contributed by atoms with Crippen LogP contribution in [0.3, 0.4) is 0 Å². The summed E-state index contributed by atoms with van der Waals surface area (Å²) in [6.45, 7) is 5.06. The summed E-state index contributed by atoms with van der Waals surface area (Å²) < 4.78 is 30.0. The van der Waals surface area contributed by atoms with Crippen LogP contribution in [0.4, 0.5) is 0 Å². The number of nitrogens with zero attached hydrogens (tertiary/aromatic N) is 3. The predicted molar refractivity (Wildman–Crippen MR) is 115 cm³/mol. The van der Waals surface area contributed by atoms with Gasteiger partial charge in [-0.15, -0.1) is 0 Å². The van der Waals surface area contributed by atoms with Gasteiger partial charge in [-0.25, -0.2) is 8.42 Å². The number of benzene rings is 1. The number of hydrogen-bond donors (Lipinski definition) is 0. The zero-order valence-electron chi connectivity index (χ0n) is 16.1. The topological polar surface area (TPSA) is 79.7 Å². The van der Waals surface area contributed by atoms with Crippen LogP contribution < -0.4 is 4.87 Å². The molecule has 7 nitrogen and oxygen atoms in total. The Hall–Kier alpha value is -2.01. The molecule has 0 unspecified atom stereocenters. The summed E-state index contributed by atoms with van der Waals surface area (Å²) >= 11 is 2.52. The molecule has 1 amide bonds. The van der Waals surface area contributed by atoms with E-state index in [-0.39, 0.29) is 34.8 Å². The van der Waals surface area contributed by atoms with Crippen molar-refractivity contribution in [1.29, 1.82) is 0 Å². The SMILES string of the molecule is CC(C)n1c(=O)sc2cc(S(=O)(=O)N3CCN(C(=O)c4ccsc4)CC3)ccc21. The summed E-state index contributed by atoms with van der Waals surface area (Å²) in [5, 5.41) is 3.65. The molecule has 1 aliphatic heterocycles. The molecule has 29 heavy (non-hydrogen) atoms. The minimum Gasteiger partial charge on any atom is -0.336 e. The fraction of sp³-hybridized carbons (Fsp3) is 0.368. The third-order valence-electron chi connectivity index (χ3n) is 5.03. The van der Waals surface area contributed by atoms with Crippen molar-refractivity contribution in [3.63, 3.8) is 0 Å². The van der Waals surface area contributed by atoms with Gasteiger partial charge in [0.2, 0.25) is 10.0 Å². The van der Waals surface area contributed by atoms with Gasteiger partial charge in [-0.2, -0.15) is 15.6 Å². The number of thiophene rings is 1. The third kappa shape index (κ3) is 3.65. The van der Waals surface area contributed by atoms with Gasteiger partial charge in [-0.05, 0) is 43.5 Å². The predicted octanol–water partition coefficient (Wildman–Crippen LogP) is 2.85. The van der Waals surface area contributed by atoms with Crippen LogP contribution in [0.1, 0.15) is 30.2 Å². The van der Waals surface area contributed by atoms with Crippen molar-refractivity contribution in [3.05, 3.63) is 50.3 Å². The van der Waals surface area contributed by atoms with Gasteiger partial charge < -0.3 is 4.90 Å². The van der Waals surface area contributed by atoms with Crippen molar-refractivity contribution in [2.75, 3.05) is 26.2 Å². The highest BCUT2D eigenvalue weighted by molar-refractivity contribution is 7.89. The second kappa shape index (κ2) is 7.67. The first-order valence-electron chi connectivity index (χ1n) is 9.26. The smallest absolute Gasteiger partial charge is 0.308 e. The molecule has 0 saturated carbocycles. The summed E-state index contributed by atoms with van der Waals surface area (Å²) in [4.78, 5) is 26.5. The van der Waals surface area contributed by atoms with E-state index in [1.54, 1.807) is 39.1 Å². The number of rotatable bonds is 4. The van der Waals surface area contributed by atoms with Crippen LogP contribution in [0.15, 0.2) is 44.7 Å². The van der Waals surface area contributed by atoms with Gasteiger partial charge in [0.25, 0.3) is 5.91 Å². The number of amides is 1. The molecule has 3 heterocycles. The lowest BCUT2D eigenvalue weighted by atomic mass is 10.2. The molecular weight excluding hydrogens is 430 g/mol. The van der Waals surface area contributed by atoms with Crippen LogP contribution in [0.2, 0.25) is 0 Å². The van der Waals surface area contributed by atoms with Crippen molar-refractivity contribution in [3.8, 4) is 0 Å². The molecule has 3 aromatic rings. The molecule has 0 radical (unpaired) electrons. The molecule has 0 atom stereocenters. The van der Waals surface area contributed by atoms with Crippen molar-refractivity contribution < 1.29 is 13.2 Å². The van der Waals surface area contributed by atoms with Gasteiger partial charge in [0.1, 0.15) is 0 Å². The summed E-state index contributed by atoms with van der Waals surface area (Å²) in [7, 11) is -3.69. The lowest BCUT2D eigenvalue weighted by Gasteiger charge is -2.33. The molecule has 1 aromatic carbocycles. The normalized spacial score (nSPS) is 16.0. The molecule has 4 rings (SSSR count). The van der Waals surface area contributed by atoms with Gasteiger partial charge in [-0.1, -0.05) is 11.3 Å². The zero-order valence-corrected chi connectivity index (χ0v) is 18.5. The molecule has 1 saturated heterocycles. The average molecular weight is 452 g/mol. The largest absolute Gasteiger partial charge is 0.336 e. The quantitative estimate of drug-likeness (QED) is 0.611. The van der Waals surface area contributed by atoms with Crippen LogP contribution in [-0.4, -0.2) is 54.3 Å². The van der Waals surface area contributed by atoms with E-state index in [4.69, 9.17) is 0 Å². The molecule has 1 fully saturated rings. The average Bonchev–Trinajstić information content (AvgIpc) is 3.33. The summed E-state index contributed by atoms with van der Waals surface area (Å²) in [5.74, 6) is -0.0653. The van der Waals surface area contributed by atoms with Gasteiger partial charge in [-0.3, -0.25) is 14.2 Å². The Labute approximate surface area is 176 Å². The lowest BCUT2D eigenvalue weighted by Crippen LogP contribution is -2.50. The van der Waals surface area contributed by atoms with E-state index in [1.165, 1.54) is 15.6 Å². The third-order valence-corrected chi connectivity index (χ3v) is 8.53. The maximum absolute atomic E-state index is 13.1. The van der Waals surface area contributed by atoms with E-state index < -0.39 is 10.0 Å².